The summed E-state index contributed by atoms with van der Waals surface area (Å²) in [6.45, 7) is 0. The zero-order valence-electron chi connectivity index (χ0n) is 12.1. The standard InChI is InChI=1S/C16H25NO3/c18-14(10-9-13-7-3-1-4-8-13)17-16(15(19)20)11-5-2-6-12-16/h9-10,13H,1-8,11-12H2,(H,17,18)(H,19,20)/b10-9+. The molecule has 112 valence electrons. The molecule has 0 aliphatic heterocycles. The first-order chi connectivity index (χ1) is 9.62. The Morgan fingerprint density at radius 2 is 1.60 bits per heavy atom. The Morgan fingerprint density at radius 3 is 2.20 bits per heavy atom. The van der Waals surface area contributed by atoms with Crippen LogP contribution < -0.4 is 5.32 Å². The van der Waals surface area contributed by atoms with Gasteiger partial charge in [0.1, 0.15) is 5.54 Å². The van der Waals surface area contributed by atoms with Crippen molar-refractivity contribution >= 4 is 11.9 Å². The van der Waals surface area contributed by atoms with E-state index in [0.717, 1.165) is 32.1 Å². The summed E-state index contributed by atoms with van der Waals surface area (Å²) in [5, 5.41) is 12.2. The van der Waals surface area contributed by atoms with Crippen LogP contribution in [0.5, 0.6) is 0 Å². The zero-order chi connectivity index (χ0) is 14.4. The van der Waals surface area contributed by atoms with E-state index in [2.05, 4.69) is 5.32 Å². The summed E-state index contributed by atoms with van der Waals surface area (Å²) in [6, 6.07) is 0. The minimum Gasteiger partial charge on any atom is -0.480 e. The number of carbonyl (C=O) groups is 2. The molecule has 0 aromatic heterocycles. The number of carbonyl (C=O) groups excluding carboxylic acids is 1. The van der Waals surface area contributed by atoms with Crippen LogP contribution in [-0.4, -0.2) is 22.5 Å². The molecule has 4 heteroatoms. The van der Waals surface area contributed by atoms with Gasteiger partial charge in [0.15, 0.2) is 0 Å². The Hall–Kier alpha value is -1.32. The monoisotopic (exact) mass is 279 g/mol. The van der Waals surface area contributed by atoms with Crippen LogP contribution in [-0.2, 0) is 9.59 Å². The van der Waals surface area contributed by atoms with Crippen LogP contribution in [0.1, 0.15) is 64.2 Å². The molecule has 0 aromatic carbocycles. The summed E-state index contributed by atoms with van der Waals surface area (Å²) in [5.74, 6) is -0.655. The van der Waals surface area contributed by atoms with Gasteiger partial charge in [0.05, 0.1) is 0 Å². The number of hydrogen-bond donors (Lipinski definition) is 2. The molecule has 2 aliphatic rings. The molecule has 2 aliphatic carbocycles. The lowest BCUT2D eigenvalue weighted by Gasteiger charge is -2.33. The summed E-state index contributed by atoms with van der Waals surface area (Å²) in [4.78, 5) is 23.5. The van der Waals surface area contributed by atoms with E-state index < -0.39 is 11.5 Å². The van der Waals surface area contributed by atoms with Crippen molar-refractivity contribution in [1.29, 1.82) is 0 Å². The second-order valence-electron chi connectivity index (χ2n) is 6.19. The van der Waals surface area contributed by atoms with Gasteiger partial charge in [-0.1, -0.05) is 44.6 Å². The topological polar surface area (TPSA) is 66.4 Å². The van der Waals surface area contributed by atoms with Crippen LogP contribution in [0.25, 0.3) is 0 Å². The van der Waals surface area contributed by atoms with E-state index in [4.69, 9.17) is 0 Å². The van der Waals surface area contributed by atoms with E-state index >= 15 is 0 Å². The number of hydrogen-bond acceptors (Lipinski definition) is 2. The first kappa shape index (κ1) is 15.1. The Bertz CT molecular complexity index is 377. The fourth-order valence-corrected chi connectivity index (χ4v) is 3.38. The number of aliphatic carboxylic acids is 1. The van der Waals surface area contributed by atoms with Gasteiger partial charge >= 0.3 is 5.97 Å². The Labute approximate surface area is 120 Å². The molecule has 20 heavy (non-hydrogen) atoms. The molecular weight excluding hydrogens is 254 g/mol. The highest BCUT2D eigenvalue weighted by molar-refractivity contribution is 5.93. The third-order valence-corrected chi connectivity index (χ3v) is 4.65. The maximum absolute atomic E-state index is 12.0. The summed E-state index contributed by atoms with van der Waals surface area (Å²) in [5.41, 5.74) is -1.04. The summed E-state index contributed by atoms with van der Waals surface area (Å²) in [7, 11) is 0. The molecule has 0 aromatic rings. The average Bonchev–Trinajstić information content (AvgIpc) is 2.47. The molecular formula is C16H25NO3. The molecule has 1 amide bonds. The predicted octanol–water partition coefficient (Wildman–Crippen LogP) is 3.03. The summed E-state index contributed by atoms with van der Waals surface area (Å²) >= 11 is 0. The molecule has 2 N–H and O–H groups in total. The molecule has 0 bridgehead atoms. The van der Waals surface area contributed by atoms with Gasteiger partial charge in [-0.2, -0.15) is 0 Å². The molecule has 0 saturated heterocycles. The smallest absolute Gasteiger partial charge is 0.329 e. The van der Waals surface area contributed by atoms with E-state index in [0.29, 0.717) is 18.8 Å². The van der Waals surface area contributed by atoms with Crippen LogP contribution in [0, 0.1) is 5.92 Å². The maximum Gasteiger partial charge on any atom is 0.329 e. The fraction of sp³-hybridized carbons (Fsp3) is 0.750. The molecule has 0 unspecified atom stereocenters. The first-order valence-electron chi connectivity index (χ1n) is 7.86. The average molecular weight is 279 g/mol. The number of rotatable bonds is 4. The normalized spacial score (nSPS) is 23.6. The van der Waals surface area contributed by atoms with E-state index in [-0.39, 0.29) is 5.91 Å². The van der Waals surface area contributed by atoms with Gasteiger partial charge in [-0.15, -0.1) is 0 Å². The third-order valence-electron chi connectivity index (χ3n) is 4.65. The van der Waals surface area contributed by atoms with Crippen molar-refractivity contribution in [2.24, 2.45) is 5.92 Å². The van der Waals surface area contributed by atoms with E-state index in [1.165, 1.54) is 19.3 Å². The van der Waals surface area contributed by atoms with Gasteiger partial charge in [-0.3, -0.25) is 4.79 Å². The van der Waals surface area contributed by atoms with Gasteiger partial charge in [-0.05, 0) is 37.7 Å². The van der Waals surface area contributed by atoms with Crippen LogP contribution in [0.3, 0.4) is 0 Å². The van der Waals surface area contributed by atoms with Gasteiger partial charge in [0, 0.05) is 0 Å². The molecule has 0 radical (unpaired) electrons. The molecule has 0 heterocycles. The largest absolute Gasteiger partial charge is 0.480 e. The summed E-state index contributed by atoms with van der Waals surface area (Å²) in [6.07, 6.45) is 13.5. The summed E-state index contributed by atoms with van der Waals surface area (Å²) < 4.78 is 0. The molecule has 4 nitrogen and oxygen atoms in total. The van der Waals surface area contributed by atoms with Crippen molar-refractivity contribution in [3.63, 3.8) is 0 Å². The van der Waals surface area contributed by atoms with Crippen molar-refractivity contribution in [3.05, 3.63) is 12.2 Å². The highest BCUT2D eigenvalue weighted by Crippen LogP contribution is 2.29. The van der Waals surface area contributed by atoms with Gasteiger partial charge in [0.25, 0.3) is 0 Å². The predicted molar refractivity (Wildman–Crippen MR) is 77.3 cm³/mol. The van der Waals surface area contributed by atoms with E-state index in [1.807, 2.05) is 6.08 Å². The van der Waals surface area contributed by atoms with Crippen molar-refractivity contribution < 1.29 is 14.7 Å². The third kappa shape index (κ3) is 3.84. The number of carboxylic acids is 1. The van der Waals surface area contributed by atoms with Crippen LogP contribution in [0.15, 0.2) is 12.2 Å². The molecule has 2 fully saturated rings. The van der Waals surface area contributed by atoms with Gasteiger partial charge in [-0.25, -0.2) is 4.79 Å². The minimum atomic E-state index is -1.04. The number of carboxylic acid groups (broad SMARTS) is 1. The first-order valence-corrected chi connectivity index (χ1v) is 7.86. The Balaban J connectivity index is 1.91. The van der Waals surface area contributed by atoms with Crippen LogP contribution in [0.2, 0.25) is 0 Å². The fourth-order valence-electron chi connectivity index (χ4n) is 3.38. The van der Waals surface area contributed by atoms with Crippen molar-refractivity contribution in [2.75, 3.05) is 0 Å². The highest BCUT2D eigenvalue weighted by Gasteiger charge is 2.40. The van der Waals surface area contributed by atoms with Crippen molar-refractivity contribution in [2.45, 2.75) is 69.7 Å². The number of amides is 1. The van der Waals surface area contributed by atoms with Gasteiger partial charge < -0.3 is 10.4 Å². The highest BCUT2D eigenvalue weighted by atomic mass is 16.4. The number of allylic oxidation sites excluding steroid dienone is 1. The quantitative estimate of drug-likeness (QED) is 0.777. The molecule has 0 spiro atoms. The zero-order valence-corrected chi connectivity index (χ0v) is 12.1. The molecule has 0 atom stereocenters. The number of nitrogens with one attached hydrogen (secondary N) is 1. The Morgan fingerprint density at radius 1 is 1.00 bits per heavy atom. The lowest BCUT2D eigenvalue weighted by molar-refractivity contribution is -0.148. The maximum atomic E-state index is 12.0. The van der Waals surface area contributed by atoms with Crippen molar-refractivity contribution in [1.82, 2.24) is 5.32 Å². The Kier molecular flexibility index (Phi) is 5.21. The van der Waals surface area contributed by atoms with E-state index in [9.17, 15) is 14.7 Å². The SMILES string of the molecule is O=C(/C=C/C1CCCCC1)NC1(C(=O)O)CCCCC1. The lowest BCUT2D eigenvalue weighted by Crippen LogP contribution is -2.55. The molecule has 2 saturated carbocycles. The molecule has 2 rings (SSSR count). The minimum absolute atomic E-state index is 0.250. The van der Waals surface area contributed by atoms with Crippen LogP contribution in [0.4, 0.5) is 0 Å². The van der Waals surface area contributed by atoms with Gasteiger partial charge in [0.2, 0.25) is 5.91 Å². The second-order valence-corrected chi connectivity index (χ2v) is 6.19. The second kappa shape index (κ2) is 6.91. The lowest BCUT2D eigenvalue weighted by atomic mass is 9.81. The van der Waals surface area contributed by atoms with Crippen LogP contribution >= 0.6 is 0 Å². The van der Waals surface area contributed by atoms with E-state index in [1.54, 1.807) is 6.08 Å². The van der Waals surface area contributed by atoms with Crippen molar-refractivity contribution in [3.8, 4) is 0 Å².